The number of aryl methyl sites for hydroxylation is 2. The summed E-state index contributed by atoms with van der Waals surface area (Å²) in [5, 5.41) is 0. The van der Waals surface area contributed by atoms with Crippen LogP contribution in [0, 0.1) is 13.8 Å². The molecule has 2 aromatic heterocycles. The van der Waals surface area contributed by atoms with Gasteiger partial charge in [0.05, 0.1) is 11.4 Å². The lowest BCUT2D eigenvalue weighted by Crippen LogP contribution is -2.22. The van der Waals surface area contributed by atoms with Crippen molar-refractivity contribution in [1.29, 1.82) is 0 Å². The molecule has 108 valence electrons. The number of nitrogens with zero attached hydrogens (tertiary/aromatic N) is 2. The SMILES string of the molecule is Cc1cnc2c(c1)C(C)(c1ccccc1)c1cc(C)cnc1-2. The Hall–Kier alpha value is -2.48. The van der Waals surface area contributed by atoms with Gasteiger partial charge in [-0.15, -0.1) is 0 Å². The standard InChI is InChI=1S/C20H18N2/c1-13-9-16-18(21-11-13)19-17(10-14(2)12-22-19)20(16,3)15-7-5-4-6-8-15/h4-12H,1-3H3. The van der Waals surface area contributed by atoms with Gasteiger partial charge in [-0.3, -0.25) is 9.97 Å². The molecule has 4 rings (SSSR count). The Morgan fingerprint density at radius 2 is 1.27 bits per heavy atom. The molecule has 0 saturated carbocycles. The number of hydrogen-bond donors (Lipinski definition) is 0. The van der Waals surface area contributed by atoms with Crippen molar-refractivity contribution in [3.05, 3.63) is 82.7 Å². The average Bonchev–Trinajstić information content (AvgIpc) is 2.78. The Bertz CT molecular complexity index is 815. The van der Waals surface area contributed by atoms with Crippen molar-refractivity contribution in [1.82, 2.24) is 9.97 Å². The lowest BCUT2D eigenvalue weighted by atomic mass is 9.74. The molecule has 1 aliphatic rings. The first-order valence-corrected chi connectivity index (χ1v) is 7.61. The van der Waals surface area contributed by atoms with Crippen molar-refractivity contribution in [2.75, 3.05) is 0 Å². The molecule has 0 radical (unpaired) electrons. The van der Waals surface area contributed by atoms with E-state index in [0.717, 1.165) is 11.4 Å². The summed E-state index contributed by atoms with van der Waals surface area (Å²) in [6, 6.07) is 15.2. The molecule has 0 saturated heterocycles. The largest absolute Gasteiger partial charge is 0.254 e. The highest BCUT2D eigenvalue weighted by Gasteiger charge is 2.42. The van der Waals surface area contributed by atoms with Gasteiger partial charge in [-0.2, -0.15) is 0 Å². The van der Waals surface area contributed by atoms with Crippen molar-refractivity contribution >= 4 is 0 Å². The highest BCUT2D eigenvalue weighted by atomic mass is 14.8. The van der Waals surface area contributed by atoms with E-state index in [2.05, 4.69) is 73.2 Å². The van der Waals surface area contributed by atoms with Gasteiger partial charge in [0.25, 0.3) is 0 Å². The minimum Gasteiger partial charge on any atom is -0.254 e. The third-order valence-electron chi connectivity index (χ3n) is 4.70. The average molecular weight is 286 g/mol. The second kappa shape index (κ2) is 4.51. The van der Waals surface area contributed by atoms with Gasteiger partial charge in [0.15, 0.2) is 0 Å². The molecule has 22 heavy (non-hydrogen) atoms. The van der Waals surface area contributed by atoms with E-state index in [1.54, 1.807) is 0 Å². The fourth-order valence-corrected chi connectivity index (χ4v) is 3.51. The Labute approximate surface area is 130 Å². The molecule has 3 aromatic rings. The lowest BCUT2D eigenvalue weighted by Gasteiger charge is -2.28. The van der Waals surface area contributed by atoms with Gasteiger partial charge in [-0.05, 0) is 48.6 Å². The molecule has 0 N–H and O–H groups in total. The quantitative estimate of drug-likeness (QED) is 0.661. The van der Waals surface area contributed by atoms with Gasteiger partial charge in [-0.25, -0.2) is 0 Å². The van der Waals surface area contributed by atoms with Gasteiger partial charge < -0.3 is 0 Å². The van der Waals surface area contributed by atoms with Gasteiger partial charge in [-0.1, -0.05) is 42.5 Å². The highest BCUT2D eigenvalue weighted by molar-refractivity contribution is 5.78. The summed E-state index contributed by atoms with van der Waals surface area (Å²) in [7, 11) is 0. The smallest absolute Gasteiger partial charge is 0.0933 e. The van der Waals surface area contributed by atoms with Crippen LogP contribution >= 0.6 is 0 Å². The first kappa shape index (κ1) is 13.2. The van der Waals surface area contributed by atoms with Crippen LogP contribution in [0.3, 0.4) is 0 Å². The summed E-state index contributed by atoms with van der Waals surface area (Å²) in [6.07, 6.45) is 3.86. The zero-order valence-corrected chi connectivity index (χ0v) is 13.1. The summed E-state index contributed by atoms with van der Waals surface area (Å²) in [6.45, 7) is 6.48. The van der Waals surface area contributed by atoms with Crippen LogP contribution in [-0.2, 0) is 5.41 Å². The van der Waals surface area contributed by atoms with Gasteiger partial charge in [0.1, 0.15) is 0 Å². The molecule has 2 heteroatoms. The molecule has 1 aliphatic carbocycles. The number of pyridine rings is 2. The van der Waals surface area contributed by atoms with Crippen LogP contribution in [0.25, 0.3) is 11.4 Å². The second-order valence-corrected chi connectivity index (χ2v) is 6.31. The summed E-state index contributed by atoms with van der Waals surface area (Å²) in [5.74, 6) is 0. The maximum absolute atomic E-state index is 4.69. The fraction of sp³-hybridized carbons (Fsp3) is 0.200. The van der Waals surface area contributed by atoms with Crippen molar-refractivity contribution < 1.29 is 0 Å². The minimum atomic E-state index is -0.191. The van der Waals surface area contributed by atoms with Crippen LogP contribution < -0.4 is 0 Å². The Morgan fingerprint density at radius 3 is 1.77 bits per heavy atom. The summed E-state index contributed by atoms with van der Waals surface area (Å²) < 4.78 is 0. The molecule has 0 unspecified atom stereocenters. The topological polar surface area (TPSA) is 25.8 Å². The molecular weight excluding hydrogens is 268 g/mol. The first-order valence-electron chi connectivity index (χ1n) is 7.61. The molecule has 1 aromatic carbocycles. The number of aromatic nitrogens is 2. The normalized spacial score (nSPS) is 14.5. The van der Waals surface area contributed by atoms with E-state index >= 15 is 0 Å². The summed E-state index contributed by atoms with van der Waals surface area (Å²) >= 11 is 0. The van der Waals surface area contributed by atoms with E-state index < -0.39 is 0 Å². The molecule has 0 bridgehead atoms. The molecule has 0 spiro atoms. The van der Waals surface area contributed by atoms with Gasteiger partial charge >= 0.3 is 0 Å². The van der Waals surface area contributed by atoms with Gasteiger partial charge in [0, 0.05) is 17.8 Å². The summed E-state index contributed by atoms with van der Waals surface area (Å²) in [4.78, 5) is 9.38. The molecule has 2 heterocycles. The maximum Gasteiger partial charge on any atom is 0.0933 e. The zero-order valence-electron chi connectivity index (χ0n) is 13.1. The van der Waals surface area contributed by atoms with Crippen LogP contribution in [0.1, 0.15) is 34.7 Å². The number of hydrogen-bond acceptors (Lipinski definition) is 2. The predicted molar refractivity (Wildman–Crippen MR) is 88.9 cm³/mol. The van der Waals surface area contributed by atoms with Crippen LogP contribution in [-0.4, -0.2) is 9.97 Å². The third-order valence-corrected chi connectivity index (χ3v) is 4.70. The van der Waals surface area contributed by atoms with Crippen molar-refractivity contribution in [3.8, 4) is 11.4 Å². The Kier molecular flexibility index (Phi) is 2.70. The first-order chi connectivity index (χ1) is 10.6. The molecular formula is C20H18N2. The van der Waals surface area contributed by atoms with E-state index in [1.165, 1.54) is 27.8 Å². The molecule has 0 atom stereocenters. The summed E-state index contributed by atoms with van der Waals surface area (Å²) in [5.41, 5.74) is 8.02. The molecule has 0 amide bonds. The zero-order chi connectivity index (χ0) is 15.3. The van der Waals surface area contributed by atoms with Crippen LogP contribution in [0.5, 0.6) is 0 Å². The van der Waals surface area contributed by atoms with Crippen molar-refractivity contribution in [2.24, 2.45) is 0 Å². The van der Waals surface area contributed by atoms with Gasteiger partial charge in [0.2, 0.25) is 0 Å². The molecule has 0 aliphatic heterocycles. The van der Waals surface area contributed by atoms with Crippen molar-refractivity contribution in [2.45, 2.75) is 26.2 Å². The second-order valence-electron chi connectivity index (χ2n) is 6.31. The van der Waals surface area contributed by atoms with E-state index in [4.69, 9.17) is 0 Å². The fourth-order valence-electron chi connectivity index (χ4n) is 3.51. The maximum atomic E-state index is 4.69. The van der Waals surface area contributed by atoms with E-state index in [0.29, 0.717) is 0 Å². The van der Waals surface area contributed by atoms with E-state index in [1.807, 2.05) is 12.4 Å². The monoisotopic (exact) mass is 286 g/mol. The van der Waals surface area contributed by atoms with Crippen LogP contribution in [0.2, 0.25) is 0 Å². The molecule has 2 nitrogen and oxygen atoms in total. The van der Waals surface area contributed by atoms with E-state index in [9.17, 15) is 0 Å². The minimum absolute atomic E-state index is 0.191. The molecule has 0 fully saturated rings. The Balaban J connectivity index is 2.11. The number of rotatable bonds is 1. The van der Waals surface area contributed by atoms with E-state index in [-0.39, 0.29) is 5.41 Å². The lowest BCUT2D eigenvalue weighted by molar-refractivity contribution is 0.709. The number of benzene rings is 1. The van der Waals surface area contributed by atoms with Crippen molar-refractivity contribution in [3.63, 3.8) is 0 Å². The van der Waals surface area contributed by atoms with Crippen LogP contribution in [0.4, 0.5) is 0 Å². The highest BCUT2D eigenvalue weighted by Crippen LogP contribution is 2.50. The number of fused-ring (bicyclic) bond motifs is 3. The Morgan fingerprint density at radius 1 is 0.773 bits per heavy atom. The third kappa shape index (κ3) is 1.67. The van der Waals surface area contributed by atoms with Crippen LogP contribution in [0.15, 0.2) is 54.9 Å². The predicted octanol–water partition coefficient (Wildman–Crippen LogP) is 4.43.